The Labute approximate surface area is 150 Å². The first kappa shape index (κ1) is 17.5. The van der Waals surface area contributed by atoms with Gasteiger partial charge in [0.25, 0.3) is 0 Å². The molecule has 1 aliphatic heterocycles. The lowest BCUT2D eigenvalue weighted by atomic mass is 10.3. The molecule has 7 nitrogen and oxygen atoms in total. The maximum Gasteiger partial charge on any atom is 0.246 e. The zero-order chi connectivity index (χ0) is 18.4. The summed E-state index contributed by atoms with van der Waals surface area (Å²) >= 11 is 0. The van der Waals surface area contributed by atoms with Crippen LogP contribution >= 0.6 is 0 Å². The number of aliphatic imine (C=N–C) groups is 1. The number of nitrogens with zero attached hydrogens (tertiary/aromatic N) is 1. The minimum Gasteiger partial charge on any atom is -0.490 e. The number of hydrogen-bond donors (Lipinski definition) is 3. The van der Waals surface area contributed by atoms with E-state index in [0.29, 0.717) is 36.1 Å². The van der Waals surface area contributed by atoms with Crippen LogP contribution in [0.4, 0.5) is 15.8 Å². The van der Waals surface area contributed by atoms with Gasteiger partial charge in [0.15, 0.2) is 17.5 Å². The van der Waals surface area contributed by atoms with Crippen molar-refractivity contribution in [2.75, 3.05) is 30.4 Å². The predicted octanol–water partition coefficient (Wildman–Crippen LogP) is 2.35. The van der Waals surface area contributed by atoms with Gasteiger partial charge in [-0.3, -0.25) is 4.79 Å². The highest BCUT2D eigenvalue weighted by atomic mass is 19.1. The Morgan fingerprint density at radius 1 is 1.08 bits per heavy atom. The van der Waals surface area contributed by atoms with Crippen molar-refractivity contribution in [3.8, 4) is 11.5 Å². The van der Waals surface area contributed by atoms with Crippen molar-refractivity contribution in [3.05, 3.63) is 48.3 Å². The molecule has 4 N–H and O–H groups in total. The molecule has 0 saturated heterocycles. The molecule has 0 aliphatic carbocycles. The number of amides is 1. The van der Waals surface area contributed by atoms with Crippen LogP contribution in [0.2, 0.25) is 0 Å². The largest absolute Gasteiger partial charge is 0.490 e. The number of fused-ring (bicyclic) bond motifs is 1. The molecule has 0 saturated carbocycles. The molecule has 8 heteroatoms. The smallest absolute Gasteiger partial charge is 0.246 e. The van der Waals surface area contributed by atoms with Crippen molar-refractivity contribution in [1.82, 2.24) is 0 Å². The summed E-state index contributed by atoms with van der Waals surface area (Å²) < 4.78 is 24.3. The molecule has 0 bridgehead atoms. The van der Waals surface area contributed by atoms with Crippen LogP contribution in [0.15, 0.2) is 47.5 Å². The second-order valence-electron chi connectivity index (χ2n) is 5.60. The number of rotatable bonds is 4. The van der Waals surface area contributed by atoms with Crippen LogP contribution in [0.3, 0.4) is 0 Å². The molecular formula is C18H19FN4O3. The van der Waals surface area contributed by atoms with E-state index in [1.165, 1.54) is 18.2 Å². The molecule has 0 unspecified atom stereocenters. The van der Waals surface area contributed by atoms with E-state index >= 15 is 0 Å². The second-order valence-corrected chi connectivity index (χ2v) is 5.60. The van der Waals surface area contributed by atoms with E-state index in [4.69, 9.17) is 15.2 Å². The zero-order valence-corrected chi connectivity index (χ0v) is 14.0. The maximum atomic E-state index is 13.1. The summed E-state index contributed by atoms with van der Waals surface area (Å²) in [5, 5.41) is 5.44. The minimum atomic E-state index is -0.429. The Morgan fingerprint density at radius 3 is 2.65 bits per heavy atom. The minimum absolute atomic E-state index is 0.0777. The van der Waals surface area contributed by atoms with Gasteiger partial charge in [-0.15, -0.1) is 0 Å². The third-order valence-corrected chi connectivity index (χ3v) is 3.52. The van der Waals surface area contributed by atoms with E-state index in [9.17, 15) is 9.18 Å². The summed E-state index contributed by atoms with van der Waals surface area (Å²) in [6.45, 7) is 1.00. The quantitative estimate of drug-likeness (QED) is 0.576. The number of guanidine groups is 1. The van der Waals surface area contributed by atoms with Gasteiger partial charge in [-0.1, -0.05) is 6.07 Å². The van der Waals surface area contributed by atoms with Gasteiger partial charge in [0.1, 0.15) is 12.4 Å². The standard InChI is InChI=1S/C18H19FN4O3/c19-12-3-1-4-13(9-12)22-17(24)11-21-18(20)23-14-5-6-15-16(10-14)26-8-2-7-25-15/h1,3-6,9-10H,2,7-8,11H2,(H,22,24)(H3,20,21,23). The molecule has 1 aliphatic rings. The molecule has 2 aromatic rings. The number of carbonyl (C=O) groups is 1. The number of hydrogen-bond acceptors (Lipinski definition) is 4. The molecule has 0 atom stereocenters. The number of ether oxygens (including phenoxy) is 2. The highest BCUT2D eigenvalue weighted by molar-refractivity contribution is 5.97. The third-order valence-electron chi connectivity index (χ3n) is 3.52. The molecule has 136 valence electrons. The highest BCUT2D eigenvalue weighted by Gasteiger charge is 2.11. The molecule has 3 rings (SSSR count). The number of benzene rings is 2. The molecular weight excluding hydrogens is 339 g/mol. The van der Waals surface area contributed by atoms with Crippen molar-refractivity contribution < 1.29 is 18.7 Å². The van der Waals surface area contributed by atoms with Crippen molar-refractivity contribution in [2.45, 2.75) is 6.42 Å². The second kappa shape index (κ2) is 8.19. The fraction of sp³-hybridized carbons (Fsp3) is 0.222. The third kappa shape index (κ3) is 4.85. The van der Waals surface area contributed by atoms with Gasteiger partial charge in [0, 0.05) is 23.9 Å². The first-order valence-electron chi connectivity index (χ1n) is 8.12. The molecule has 0 radical (unpaired) electrons. The summed E-state index contributed by atoms with van der Waals surface area (Å²) in [6, 6.07) is 10.9. The monoisotopic (exact) mass is 358 g/mol. The number of nitrogens with two attached hydrogens (primary N) is 1. The van der Waals surface area contributed by atoms with E-state index in [-0.39, 0.29) is 12.5 Å². The summed E-state index contributed by atoms with van der Waals surface area (Å²) in [7, 11) is 0. The van der Waals surface area contributed by atoms with Gasteiger partial charge in [-0.05, 0) is 30.3 Å². The van der Waals surface area contributed by atoms with E-state index in [1.807, 2.05) is 0 Å². The molecule has 0 spiro atoms. The number of anilines is 2. The fourth-order valence-electron chi connectivity index (χ4n) is 2.35. The summed E-state index contributed by atoms with van der Waals surface area (Å²) in [4.78, 5) is 15.8. The Bertz CT molecular complexity index is 826. The SMILES string of the molecule is NC(=NCC(=O)Nc1cccc(F)c1)Nc1ccc2c(c1)OCCCO2. The molecule has 0 fully saturated rings. The van der Waals surface area contributed by atoms with Crippen molar-refractivity contribution in [2.24, 2.45) is 10.7 Å². The molecule has 0 aromatic heterocycles. The average Bonchev–Trinajstić information content (AvgIpc) is 2.85. The average molecular weight is 358 g/mol. The Morgan fingerprint density at radius 2 is 1.85 bits per heavy atom. The molecule has 2 aromatic carbocycles. The predicted molar refractivity (Wildman–Crippen MR) is 97.2 cm³/mol. The van der Waals surface area contributed by atoms with Crippen molar-refractivity contribution in [3.63, 3.8) is 0 Å². The van der Waals surface area contributed by atoms with Gasteiger partial charge >= 0.3 is 0 Å². The van der Waals surface area contributed by atoms with E-state index in [0.717, 1.165) is 6.42 Å². The van der Waals surface area contributed by atoms with Gasteiger partial charge < -0.3 is 25.8 Å². The van der Waals surface area contributed by atoms with Crippen LogP contribution in [0.1, 0.15) is 6.42 Å². The number of halogens is 1. The first-order chi connectivity index (χ1) is 12.6. The van der Waals surface area contributed by atoms with E-state index in [1.54, 1.807) is 24.3 Å². The lowest BCUT2D eigenvalue weighted by molar-refractivity contribution is -0.114. The van der Waals surface area contributed by atoms with Crippen molar-refractivity contribution in [1.29, 1.82) is 0 Å². The van der Waals surface area contributed by atoms with Gasteiger partial charge in [-0.25, -0.2) is 9.38 Å². The maximum absolute atomic E-state index is 13.1. The van der Waals surface area contributed by atoms with Gasteiger partial charge in [0.2, 0.25) is 5.91 Å². The molecule has 1 amide bonds. The number of nitrogens with one attached hydrogen (secondary N) is 2. The van der Waals surface area contributed by atoms with E-state index in [2.05, 4.69) is 15.6 Å². The van der Waals surface area contributed by atoms with Crippen LogP contribution in [-0.4, -0.2) is 31.6 Å². The first-order valence-corrected chi connectivity index (χ1v) is 8.12. The fourth-order valence-corrected chi connectivity index (χ4v) is 2.35. The summed E-state index contributed by atoms with van der Waals surface area (Å²) in [5.41, 5.74) is 6.83. The van der Waals surface area contributed by atoms with Gasteiger partial charge in [0.05, 0.1) is 13.2 Å². The topological polar surface area (TPSA) is 98.0 Å². The normalized spacial score (nSPS) is 13.7. The lowest BCUT2D eigenvalue weighted by Gasteiger charge is -2.10. The van der Waals surface area contributed by atoms with Crippen molar-refractivity contribution >= 4 is 23.2 Å². The van der Waals surface area contributed by atoms with Crippen LogP contribution in [0.25, 0.3) is 0 Å². The van der Waals surface area contributed by atoms with Crippen LogP contribution < -0.4 is 25.8 Å². The number of carbonyl (C=O) groups excluding carboxylic acids is 1. The highest BCUT2D eigenvalue weighted by Crippen LogP contribution is 2.32. The van der Waals surface area contributed by atoms with E-state index < -0.39 is 11.7 Å². The molecule has 1 heterocycles. The summed E-state index contributed by atoms with van der Waals surface area (Å²) in [5.74, 6) is 0.553. The Kier molecular flexibility index (Phi) is 5.52. The van der Waals surface area contributed by atoms with Crippen LogP contribution in [-0.2, 0) is 4.79 Å². The van der Waals surface area contributed by atoms with Gasteiger partial charge in [-0.2, -0.15) is 0 Å². The van der Waals surface area contributed by atoms with Crippen LogP contribution in [0.5, 0.6) is 11.5 Å². The van der Waals surface area contributed by atoms with Crippen LogP contribution in [0, 0.1) is 5.82 Å². The molecule has 26 heavy (non-hydrogen) atoms. The zero-order valence-electron chi connectivity index (χ0n) is 14.0. The summed E-state index contributed by atoms with van der Waals surface area (Å²) in [6.07, 6.45) is 0.821. The Hall–Kier alpha value is -3.29. The lowest BCUT2D eigenvalue weighted by Crippen LogP contribution is -2.25. The Balaban J connectivity index is 1.56.